The molecule has 3 N–H and O–H groups in total. The van der Waals surface area contributed by atoms with Gasteiger partial charge in [0.1, 0.15) is 0 Å². The number of benzene rings is 1. The molecule has 1 aromatic carbocycles. The van der Waals surface area contributed by atoms with Crippen molar-refractivity contribution in [2.75, 3.05) is 32.7 Å². The summed E-state index contributed by atoms with van der Waals surface area (Å²) in [5.74, 6) is -0.359. The Bertz CT molecular complexity index is 838. The van der Waals surface area contributed by atoms with Crippen LogP contribution in [0.5, 0.6) is 0 Å². The Kier molecular flexibility index (Phi) is 7.79. The second-order valence-corrected chi connectivity index (χ2v) is 9.76. The number of nitrogens with zero attached hydrogens (tertiary/aromatic N) is 1. The molecule has 0 spiro atoms. The minimum absolute atomic E-state index is 0.00224. The zero-order valence-electron chi connectivity index (χ0n) is 18.0. The number of carbonyl (C=O) groups is 2. The summed E-state index contributed by atoms with van der Waals surface area (Å²) < 4.78 is 27.8. The number of urea groups is 1. The summed E-state index contributed by atoms with van der Waals surface area (Å²) in [6.45, 7) is 11.3. The van der Waals surface area contributed by atoms with Gasteiger partial charge in [0.25, 0.3) is 5.91 Å². The van der Waals surface area contributed by atoms with Crippen LogP contribution in [0.4, 0.5) is 4.79 Å². The van der Waals surface area contributed by atoms with Gasteiger partial charge in [-0.25, -0.2) is 13.2 Å². The molecule has 0 radical (unpaired) electrons. The van der Waals surface area contributed by atoms with Crippen molar-refractivity contribution < 1.29 is 22.9 Å². The molecule has 1 aromatic rings. The van der Waals surface area contributed by atoms with Crippen molar-refractivity contribution in [3.05, 3.63) is 28.8 Å². The van der Waals surface area contributed by atoms with E-state index in [1.807, 2.05) is 46.8 Å². The topological polar surface area (TPSA) is 100 Å². The summed E-state index contributed by atoms with van der Waals surface area (Å²) in [5.41, 5.74) is 2.55. The lowest BCUT2D eigenvalue weighted by Gasteiger charge is -2.31. The highest BCUT2D eigenvalue weighted by molar-refractivity contribution is 7.89. The molecule has 9 heteroatoms. The second-order valence-electron chi connectivity index (χ2n) is 7.89. The number of aryl methyl sites for hydroxylation is 3. The first kappa shape index (κ1) is 23.3. The Morgan fingerprint density at radius 3 is 2.21 bits per heavy atom. The van der Waals surface area contributed by atoms with Crippen molar-refractivity contribution in [2.24, 2.45) is 0 Å². The largest absolute Gasteiger partial charge is 0.335 e. The number of carbonyl (C=O) groups excluding carboxylic acids is 2. The Hall–Kier alpha value is -1.97. The van der Waals surface area contributed by atoms with E-state index in [-0.39, 0.29) is 18.5 Å². The van der Waals surface area contributed by atoms with Gasteiger partial charge in [-0.15, -0.1) is 0 Å². The van der Waals surface area contributed by atoms with Crippen LogP contribution in [-0.4, -0.2) is 63.4 Å². The number of piperazine rings is 1. The van der Waals surface area contributed by atoms with Crippen LogP contribution in [-0.2, 0) is 14.8 Å². The molecule has 1 aliphatic rings. The maximum Gasteiger partial charge on any atom is 0.321 e. The fourth-order valence-electron chi connectivity index (χ4n) is 3.68. The molecule has 3 amide bonds. The standard InChI is InChI=1S/C20H32N4O4S/c1-6-17(5)21-20(26)22-18(25)13-23-7-9-24(10-8-23)29(27,28)19-15(3)11-14(2)12-16(19)4/h11-12,17H,6-10,13H2,1-5H3,(H2,21,22,25,26)/p+1/t17-/m0/s1. The molecule has 162 valence electrons. The number of hydrogen-bond acceptors (Lipinski definition) is 4. The van der Waals surface area contributed by atoms with E-state index in [1.165, 1.54) is 4.31 Å². The van der Waals surface area contributed by atoms with E-state index in [1.54, 1.807) is 0 Å². The zero-order valence-corrected chi connectivity index (χ0v) is 18.8. The smallest absolute Gasteiger partial charge is 0.321 e. The van der Waals surface area contributed by atoms with Crippen LogP contribution in [0, 0.1) is 20.8 Å². The first-order chi connectivity index (χ1) is 13.5. The summed E-state index contributed by atoms with van der Waals surface area (Å²) in [6.07, 6.45) is 0.781. The number of nitrogens with one attached hydrogen (secondary N) is 3. The monoisotopic (exact) mass is 425 g/mol. The van der Waals surface area contributed by atoms with E-state index in [9.17, 15) is 18.0 Å². The molecule has 0 aromatic heterocycles. The van der Waals surface area contributed by atoms with Gasteiger partial charge in [-0.3, -0.25) is 10.1 Å². The van der Waals surface area contributed by atoms with E-state index in [0.717, 1.165) is 28.0 Å². The van der Waals surface area contributed by atoms with Gasteiger partial charge in [-0.2, -0.15) is 4.31 Å². The summed E-state index contributed by atoms with van der Waals surface area (Å²) >= 11 is 0. The first-order valence-electron chi connectivity index (χ1n) is 10.1. The third kappa shape index (κ3) is 6.01. The molecule has 1 atom stereocenters. The van der Waals surface area contributed by atoms with E-state index in [4.69, 9.17) is 0 Å². The average molecular weight is 426 g/mol. The number of hydrogen-bond donors (Lipinski definition) is 3. The predicted molar refractivity (Wildman–Crippen MR) is 111 cm³/mol. The first-order valence-corrected chi connectivity index (χ1v) is 11.5. The molecule has 29 heavy (non-hydrogen) atoms. The van der Waals surface area contributed by atoms with Crippen LogP contribution in [0.25, 0.3) is 0 Å². The Morgan fingerprint density at radius 2 is 1.69 bits per heavy atom. The van der Waals surface area contributed by atoms with Gasteiger partial charge in [0, 0.05) is 6.04 Å². The Labute approximate surface area is 173 Å². The van der Waals surface area contributed by atoms with Gasteiger partial charge in [0.15, 0.2) is 6.54 Å². The maximum absolute atomic E-state index is 13.1. The highest BCUT2D eigenvalue weighted by Gasteiger charge is 2.33. The summed E-state index contributed by atoms with van der Waals surface area (Å²) in [7, 11) is -3.57. The Balaban J connectivity index is 1.93. The average Bonchev–Trinajstić information content (AvgIpc) is 2.60. The van der Waals surface area contributed by atoms with Crippen LogP contribution >= 0.6 is 0 Å². The fraction of sp³-hybridized carbons (Fsp3) is 0.600. The summed E-state index contributed by atoms with van der Waals surface area (Å²) in [6, 6.07) is 3.28. The minimum atomic E-state index is -3.57. The normalized spacial score (nSPS) is 17.0. The van der Waals surface area contributed by atoms with Crippen molar-refractivity contribution in [3.63, 3.8) is 0 Å². The van der Waals surface area contributed by atoms with E-state index in [0.29, 0.717) is 31.1 Å². The van der Waals surface area contributed by atoms with Gasteiger partial charge in [0.05, 0.1) is 31.1 Å². The number of sulfonamides is 1. The predicted octanol–water partition coefficient (Wildman–Crippen LogP) is 0.125. The van der Waals surface area contributed by atoms with Gasteiger partial charge in [-0.1, -0.05) is 24.6 Å². The number of amides is 3. The van der Waals surface area contributed by atoms with Gasteiger partial charge >= 0.3 is 6.03 Å². The quantitative estimate of drug-likeness (QED) is 0.603. The van der Waals surface area contributed by atoms with Crippen molar-refractivity contribution in [2.45, 2.75) is 52.0 Å². The summed E-state index contributed by atoms with van der Waals surface area (Å²) in [5, 5.41) is 5.03. The lowest BCUT2D eigenvalue weighted by Crippen LogP contribution is -3.15. The molecular formula is C20H33N4O4S+. The lowest BCUT2D eigenvalue weighted by atomic mass is 10.1. The van der Waals surface area contributed by atoms with Crippen LogP contribution in [0.2, 0.25) is 0 Å². The highest BCUT2D eigenvalue weighted by atomic mass is 32.2. The van der Waals surface area contributed by atoms with E-state index < -0.39 is 16.1 Å². The van der Waals surface area contributed by atoms with E-state index in [2.05, 4.69) is 10.6 Å². The fourth-order valence-corrected chi connectivity index (χ4v) is 5.54. The minimum Gasteiger partial charge on any atom is -0.335 e. The zero-order chi connectivity index (χ0) is 21.8. The molecule has 0 bridgehead atoms. The van der Waals surface area contributed by atoms with E-state index >= 15 is 0 Å². The highest BCUT2D eigenvalue weighted by Crippen LogP contribution is 2.25. The number of imide groups is 1. The molecule has 1 aliphatic heterocycles. The molecule has 0 aliphatic carbocycles. The maximum atomic E-state index is 13.1. The van der Waals surface area contributed by atoms with Crippen LogP contribution < -0.4 is 15.5 Å². The van der Waals surface area contributed by atoms with Crippen molar-refractivity contribution in [1.82, 2.24) is 14.9 Å². The molecule has 0 saturated carbocycles. The van der Waals surface area contributed by atoms with Crippen LogP contribution in [0.1, 0.15) is 37.0 Å². The molecule has 1 fully saturated rings. The van der Waals surface area contributed by atoms with Crippen LogP contribution in [0.15, 0.2) is 17.0 Å². The SMILES string of the molecule is CC[C@H](C)NC(=O)NC(=O)C[NH+]1CCN(S(=O)(=O)c2c(C)cc(C)cc2C)CC1. The molecule has 8 nitrogen and oxygen atoms in total. The third-order valence-electron chi connectivity index (χ3n) is 5.29. The molecule has 0 unspecified atom stereocenters. The molecule has 2 rings (SSSR count). The number of quaternary nitrogens is 1. The Morgan fingerprint density at radius 1 is 1.14 bits per heavy atom. The summed E-state index contributed by atoms with van der Waals surface area (Å²) in [4.78, 5) is 25.2. The van der Waals surface area contributed by atoms with Crippen molar-refractivity contribution >= 4 is 22.0 Å². The van der Waals surface area contributed by atoms with Gasteiger partial charge < -0.3 is 10.2 Å². The van der Waals surface area contributed by atoms with Crippen molar-refractivity contribution in [1.29, 1.82) is 0 Å². The third-order valence-corrected chi connectivity index (χ3v) is 7.49. The molecule has 1 saturated heterocycles. The van der Waals surface area contributed by atoms with Gasteiger partial charge in [-0.05, 0) is 45.2 Å². The van der Waals surface area contributed by atoms with Crippen molar-refractivity contribution in [3.8, 4) is 0 Å². The van der Waals surface area contributed by atoms with Crippen LogP contribution in [0.3, 0.4) is 0 Å². The second kappa shape index (κ2) is 9.69. The lowest BCUT2D eigenvalue weighted by molar-refractivity contribution is -0.895. The molecular weight excluding hydrogens is 392 g/mol. The molecule has 1 heterocycles. The number of rotatable bonds is 6. The van der Waals surface area contributed by atoms with Gasteiger partial charge in [0.2, 0.25) is 10.0 Å².